The maximum atomic E-state index is 12.8. The van der Waals surface area contributed by atoms with Crippen LogP contribution in [0.5, 0.6) is 0 Å². The minimum absolute atomic E-state index is 0.0520. The maximum Gasteiger partial charge on any atom is 0.269 e. The van der Waals surface area contributed by atoms with E-state index in [1.54, 1.807) is 42.5 Å². The molecule has 4 aromatic carbocycles. The lowest BCUT2D eigenvalue weighted by Crippen LogP contribution is -2.13. The lowest BCUT2D eigenvalue weighted by molar-refractivity contribution is 0.0994. The van der Waals surface area contributed by atoms with Gasteiger partial charge in [0, 0.05) is 22.0 Å². The second kappa shape index (κ2) is 8.59. The number of sulfonamides is 1. The summed E-state index contributed by atoms with van der Waals surface area (Å²) < 4.78 is 24.9. The summed E-state index contributed by atoms with van der Waals surface area (Å²) in [7, 11) is -3.87. The van der Waals surface area contributed by atoms with Crippen LogP contribution in [0.15, 0.2) is 83.8 Å². The van der Waals surface area contributed by atoms with Crippen molar-refractivity contribution in [3.05, 3.63) is 95.7 Å². The number of carbonyl (C=O) groups excluding carboxylic acids is 2. The van der Waals surface area contributed by atoms with Crippen molar-refractivity contribution in [1.82, 2.24) is 9.78 Å². The lowest BCUT2D eigenvalue weighted by Gasteiger charge is -2.10. The van der Waals surface area contributed by atoms with Gasteiger partial charge in [0.15, 0.2) is 5.69 Å². The van der Waals surface area contributed by atoms with Crippen molar-refractivity contribution in [2.75, 3.05) is 5.32 Å². The Morgan fingerprint density at radius 1 is 0.917 bits per heavy atom. The number of benzene rings is 4. The van der Waals surface area contributed by atoms with E-state index in [2.05, 4.69) is 10.4 Å². The van der Waals surface area contributed by atoms with Gasteiger partial charge in [-0.05, 0) is 66.9 Å². The Morgan fingerprint density at radius 3 is 2.31 bits per heavy atom. The van der Waals surface area contributed by atoms with Gasteiger partial charge >= 0.3 is 0 Å². The number of nitrogens with one attached hydrogen (secondary N) is 1. The molecule has 10 heteroatoms. The van der Waals surface area contributed by atoms with Gasteiger partial charge in [0.1, 0.15) is 0 Å². The van der Waals surface area contributed by atoms with E-state index in [0.717, 1.165) is 10.9 Å². The van der Waals surface area contributed by atoms with Crippen LogP contribution in [-0.2, 0) is 10.0 Å². The number of aryl methyl sites for hydroxylation is 1. The highest BCUT2D eigenvalue weighted by molar-refractivity contribution is 7.89. The molecule has 0 atom stereocenters. The van der Waals surface area contributed by atoms with Gasteiger partial charge in [-0.1, -0.05) is 29.8 Å². The number of aromatic nitrogens is 2. The molecule has 1 aromatic heterocycles. The molecule has 0 aliphatic heterocycles. The van der Waals surface area contributed by atoms with Crippen molar-refractivity contribution >= 4 is 49.2 Å². The van der Waals surface area contributed by atoms with Gasteiger partial charge in [0.2, 0.25) is 10.0 Å². The topological polar surface area (TPSA) is 150 Å². The van der Waals surface area contributed by atoms with Crippen LogP contribution in [0, 0.1) is 6.92 Å². The Balaban J connectivity index is 1.67. The molecular formula is C26H21N5O4S. The van der Waals surface area contributed by atoms with Gasteiger partial charge < -0.3 is 11.1 Å². The molecular weight excluding hydrogens is 478 g/mol. The molecule has 0 spiro atoms. The van der Waals surface area contributed by atoms with Crippen LogP contribution >= 0.6 is 0 Å². The zero-order chi connectivity index (χ0) is 25.6. The largest absolute Gasteiger partial charge is 0.364 e. The first-order valence-electron chi connectivity index (χ1n) is 10.9. The number of fused-ring (bicyclic) bond motifs is 3. The van der Waals surface area contributed by atoms with Crippen LogP contribution in [0.3, 0.4) is 0 Å². The average molecular weight is 500 g/mol. The average Bonchev–Trinajstić information content (AvgIpc) is 3.24. The fourth-order valence-electron chi connectivity index (χ4n) is 4.14. The van der Waals surface area contributed by atoms with Gasteiger partial charge in [-0.15, -0.1) is 0 Å². The first kappa shape index (κ1) is 23.2. The highest BCUT2D eigenvalue weighted by Crippen LogP contribution is 2.32. The molecule has 1 heterocycles. The zero-order valence-electron chi connectivity index (χ0n) is 19.1. The fourth-order valence-corrected chi connectivity index (χ4v) is 4.66. The van der Waals surface area contributed by atoms with E-state index in [1.807, 2.05) is 31.2 Å². The van der Waals surface area contributed by atoms with E-state index < -0.39 is 15.9 Å². The summed E-state index contributed by atoms with van der Waals surface area (Å²) in [6.07, 6.45) is 0. The van der Waals surface area contributed by atoms with E-state index in [0.29, 0.717) is 33.2 Å². The van der Waals surface area contributed by atoms with Crippen LogP contribution in [0.1, 0.15) is 26.4 Å². The number of amides is 2. The molecule has 2 amide bonds. The van der Waals surface area contributed by atoms with E-state index in [9.17, 15) is 18.0 Å². The monoisotopic (exact) mass is 499 g/mol. The van der Waals surface area contributed by atoms with Gasteiger partial charge in [-0.2, -0.15) is 5.10 Å². The Kier molecular flexibility index (Phi) is 5.54. The number of anilines is 1. The first-order chi connectivity index (χ1) is 17.1. The molecule has 0 fully saturated rings. The van der Waals surface area contributed by atoms with Gasteiger partial charge in [-0.3, -0.25) is 9.59 Å². The molecule has 0 saturated heterocycles. The molecule has 0 saturated carbocycles. The predicted octanol–water partition coefficient (Wildman–Crippen LogP) is 3.49. The number of nitrogens with two attached hydrogens (primary N) is 2. The first-order valence-corrected chi connectivity index (χ1v) is 12.4. The van der Waals surface area contributed by atoms with Crippen molar-refractivity contribution in [3.8, 4) is 5.69 Å². The Bertz CT molecular complexity index is 1790. The van der Waals surface area contributed by atoms with Crippen molar-refractivity contribution < 1.29 is 18.0 Å². The number of hydrogen-bond acceptors (Lipinski definition) is 5. The Hall–Kier alpha value is -4.54. The van der Waals surface area contributed by atoms with E-state index >= 15 is 0 Å². The second-order valence-electron chi connectivity index (χ2n) is 8.38. The summed E-state index contributed by atoms with van der Waals surface area (Å²) in [6, 6.07) is 22.1. The summed E-state index contributed by atoms with van der Waals surface area (Å²) in [4.78, 5) is 24.9. The summed E-state index contributed by atoms with van der Waals surface area (Å²) in [5, 5.41) is 14.6. The normalized spacial score (nSPS) is 11.6. The molecule has 0 aliphatic rings. The third-order valence-electron chi connectivity index (χ3n) is 5.84. The summed E-state index contributed by atoms with van der Waals surface area (Å²) in [6.45, 7) is 1.91. The summed E-state index contributed by atoms with van der Waals surface area (Å²) >= 11 is 0. The van der Waals surface area contributed by atoms with Crippen LogP contribution in [0.2, 0.25) is 0 Å². The number of carbonyl (C=O) groups is 2. The molecule has 0 radical (unpaired) electrons. The molecule has 5 N–H and O–H groups in total. The minimum atomic E-state index is -3.87. The third kappa shape index (κ3) is 4.19. The van der Waals surface area contributed by atoms with Crippen LogP contribution in [-0.4, -0.2) is 30.0 Å². The quantitative estimate of drug-likeness (QED) is 0.338. The predicted molar refractivity (Wildman–Crippen MR) is 138 cm³/mol. The molecule has 180 valence electrons. The second-order valence-corrected chi connectivity index (χ2v) is 9.95. The Labute approximate surface area is 206 Å². The smallest absolute Gasteiger partial charge is 0.269 e. The van der Waals surface area contributed by atoms with Crippen molar-refractivity contribution in [2.24, 2.45) is 10.9 Å². The van der Waals surface area contributed by atoms with Crippen molar-refractivity contribution in [1.29, 1.82) is 0 Å². The van der Waals surface area contributed by atoms with Crippen molar-refractivity contribution in [3.63, 3.8) is 0 Å². The third-order valence-corrected chi connectivity index (χ3v) is 6.77. The summed E-state index contributed by atoms with van der Waals surface area (Å²) in [5.74, 6) is -0.960. The van der Waals surface area contributed by atoms with Crippen LogP contribution in [0.4, 0.5) is 5.69 Å². The molecule has 5 aromatic rings. The van der Waals surface area contributed by atoms with Crippen LogP contribution < -0.4 is 16.2 Å². The van der Waals surface area contributed by atoms with E-state index in [4.69, 9.17) is 10.9 Å². The standard InChI is InChI=1S/C26H21N5O4S/c1-15-3-2-4-17(13-15)26(33)29-18-7-5-16-6-12-21-23(25(27)32)30-31(24(21)22(16)14-18)19-8-10-20(11-9-19)36(28,34)35/h2-14H,1H3,(H2,27,32)(H,29,33)(H2,28,34,35). The minimum Gasteiger partial charge on any atom is -0.364 e. The zero-order valence-corrected chi connectivity index (χ0v) is 19.9. The number of primary sulfonamides is 1. The van der Waals surface area contributed by atoms with Gasteiger partial charge in [-0.25, -0.2) is 18.2 Å². The lowest BCUT2D eigenvalue weighted by atomic mass is 10.0. The fraction of sp³-hybridized carbons (Fsp3) is 0.0385. The molecule has 0 bridgehead atoms. The van der Waals surface area contributed by atoms with E-state index in [-0.39, 0.29) is 16.5 Å². The SMILES string of the molecule is Cc1cccc(C(=O)Nc2ccc3ccc4c(C(N)=O)nn(-c5ccc(S(N)(=O)=O)cc5)c4c3c2)c1. The van der Waals surface area contributed by atoms with Gasteiger partial charge in [0.05, 0.1) is 16.1 Å². The maximum absolute atomic E-state index is 12.8. The highest BCUT2D eigenvalue weighted by atomic mass is 32.2. The number of rotatable bonds is 5. The van der Waals surface area contributed by atoms with E-state index in [1.165, 1.54) is 16.8 Å². The molecule has 36 heavy (non-hydrogen) atoms. The molecule has 0 aliphatic carbocycles. The molecule has 9 nitrogen and oxygen atoms in total. The highest BCUT2D eigenvalue weighted by Gasteiger charge is 2.19. The van der Waals surface area contributed by atoms with Gasteiger partial charge in [0.25, 0.3) is 11.8 Å². The van der Waals surface area contributed by atoms with Crippen LogP contribution in [0.25, 0.3) is 27.4 Å². The number of primary amides is 1. The Morgan fingerprint density at radius 2 is 1.64 bits per heavy atom. The van der Waals surface area contributed by atoms with Crippen molar-refractivity contribution in [2.45, 2.75) is 11.8 Å². The number of hydrogen-bond donors (Lipinski definition) is 3. The summed E-state index contributed by atoms with van der Waals surface area (Å²) in [5.41, 5.74) is 8.81. The number of nitrogens with zero attached hydrogens (tertiary/aromatic N) is 2. The molecule has 5 rings (SSSR count). The molecule has 0 unspecified atom stereocenters.